The lowest BCUT2D eigenvalue weighted by atomic mass is 10.1. The molecule has 0 spiro atoms. The molecule has 7 nitrogen and oxygen atoms in total. The van der Waals surface area contributed by atoms with E-state index in [-0.39, 0.29) is 18.5 Å². The van der Waals surface area contributed by atoms with Crippen molar-refractivity contribution in [2.24, 2.45) is 0 Å². The molecule has 1 saturated carbocycles. The monoisotopic (exact) mass is 533 g/mol. The lowest BCUT2D eigenvalue weighted by molar-refractivity contribution is -0.140. The summed E-state index contributed by atoms with van der Waals surface area (Å²) in [6.45, 7) is 3.48. The van der Waals surface area contributed by atoms with Crippen molar-refractivity contribution in [2.45, 2.75) is 71.0 Å². The van der Waals surface area contributed by atoms with Gasteiger partial charge >= 0.3 is 0 Å². The lowest BCUT2D eigenvalue weighted by Gasteiger charge is -2.34. The topological polar surface area (TPSA) is 86.8 Å². The first kappa shape index (κ1) is 28.0. The predicted octanol–water partition coefficient (Wildman–Crippen LogP) is 4.53. The second-order valence-electron chi connectivity index (χ2n) is 9.28. The fraction of sp³-hybridized carbons (Fsp3) is 0.481. The zero-order valence-electron chi connectivity index (χ0n) is 21.2. The molecule has 1 aliphatic carbocycles. The minimum absolute atomic E-state index is 0.0993. The zero-order valence-corrected chi connectivity index (χ0v) is 22.8. The molecule has 0 unspecified atom stereocenters. The number of hydrogen-bond donors (Lipinski definition) is 1. The molecule has 0 aliphatic heterocycles. The number of anilines is 1. The van der Waals surface area contributed by atoms with Gasteiger partial charge in [-0.15, -0.1) is 0 Å². The van der Waals surface area contributed by atoms with Crippen molar-refractivity contribution < 1.29 is 18.0 Å². The van der Waals surface area contributed by atoms with E-state index in [0.29, 0.717) is 29.1 Å². The van der Waals surface area contributed by atoms with Crippen molar-refractivity contribution in [1.29, 1.82) is 0 Å². The smallest absolute Gasteiger partial charge is 0.244 e. The van der Waals surface area contributed by atoms with Crippen molar-refractivity contribution in [3.63, 3.8) is 0 Å². The standard InChI is InChI=1S/C27H36ClN3O4S/c1-4-20-12-7-11-17-25(20)31(36(3,34)35)19-26(32)30(18-21-13-6-10-16-23(21)28)24(5-2)27(33)29-22-14-8-9-15-22/h6-7,10-13,16-17,22,24H,4-5,8-9,14-15,18-19H2,1-3H3,(H,29,33)/t24-/m1/s1. The van der Waals surface area contributed by atoms with Crippen LogP contribution < -0.4 is 9.62 Å². The third-order valence-electron chi connectivity index (χ3n) is 6.71. The summed E-state index contributed by atoms with van der Waals surface area (Å²) in [5, 5.41) is 3.59. The van der Waals surface area contributed by atoms with Gasteiger partial charge in [-0.1, -0.05) is 74.7 Å². The Morgan fingerprint density at radius 2 is 1.64 bits per heavy atom. The molecule has 2 aromatic carbocycles. The van der Waals surface area contributed by atoms with E-state index in [1.54, 1.807) is 24.3 Å². The van der Waals surface area contributed by atoms with Crippen LogP contribution in [0.25, 0.3) is 0 Å². The van der Waals surface area contributed by atoms with Gasteiger partial charge in [0.2, 0.25) is 21.8 Å². The van der Waals surface area contributed by atoms with E-state index in [1.807, 2.05) is 38.1 Å². The molecule has 0 aromatic heterocycles. The molecule has 2 aromatic rings. The van der Waals surface area contributed by atoms with E-state index in [0.717, 1.165) is 41.8 Å². The van der Waals surface area contributed by atoms with Gasteiger partial charge in [0.25, 0.3) is 0 Å². The molecule has 2 amide bonds. The number of halogens is 1. The Balaban J connectivity index is 1.96. The maximum atomic E-state index is 13.8. The molecule has 1 aliphatic rings. The summed E-state index contributed by atoms with van der Waals surface area (Å²) in [7, 11) is -3.77. The maximum absolute atomic E-state index is 13.8. The second kappa shape index (κ2) is 12.6. The van der Waals surface area contributed by atoms with Gasteiger partial charge in [0, 0.05) is 17.6 Å². The van der Waals surface area contributed by atoms with Gasteiger partial charge in [-0.2, -0.15) is 0 Å². The summed E-state index contributed by atoms with van der Waals surface area (Å²) >= 11 is 6.41. The molecular weight excluding hydrogens is 498 g/mol. The summed E-state index contributed by atoms with van der Waals surface area (Å²) in [5.41, 5.74) is 1.98. The molecule has 0 saturated heterocycles. The van der Waals surface area contributed by atoms with Crippen LogP contribution in [0.4, 0.5) is 5.69 Å². The molecule has 36 heavy (non-hydrogen) atoms. The Bertz CT molecular complexity index is 1170. The van der Waals surface area contributed by atoms with E-state index < -0.39 is 28.5 Å². The number of amides is 2. The van der Waals surface area contributed by atoms with Crippen molar-refractivity contribution in [1.82, 2.24) is 10.2 Å². The summed E-state index contributed by atoms with van der Waals surface area (Å²) in [6.07, 6.45) is 6.09. The van der Waals surface area contributed by atoms with Crippen LogP contribution in [0.5, 0.6) is 0 Å². The van der Waals surface area contributed by atoms with Gasteiger partial charge in [0.15, 0.2) is 0 Å². The third-order valence-corrected chi connectivity index (χ3v) is 8.20. The Hall–Kier alpha value is -2.58. The van der Waals surface area contributed by atoms with Crippen LogP contribution >= 0.6 is 11.6 Å². The molecule has 0 heterocycles. The predicted molar refractivity (Wildman–Crippen MR) is 144 cm³/mol. The Morgan fingerprint density at radius 1 is 1.03 bits per heavy atom. The first-order chi connectivity index (χ1) is 17.2. The van der Waals surface area contributed by atoms with Crippen LogP contribution in [0.3, 0.4) is 0 Å². The Kier molecular flexibility index (Phi) is 9.79. The minimum Gasteiger partial charge on any atom is -0.352 e. The first-order valence-corrected chi connectivity index (χ1v) is 14.8. The summed E-state index contributed by atoms with van der Waals surface area (Å²) in [6, 6.07) is 13.7. The highest BCUT2D eigenvalue weighted by molar-refractivity contribution is 7.92. The highest BCUT2D eigenvalue weighted by Crippen LogP contribution is 2.26. The van der Waals surface area contributed by atoms with Crippen LogP contribution in [-0.4, -0.2) is 50.0 Å². The van der Waals surface area contributed by atoms with E-state index in [2.05, 4.69) is 5.32 Å². The highest BCUT2D eigenvalue weighted by Gasteiger charge is 2.33. The number of carbonyl (C=O) groups excluding carboxylic acids is 2. The average molecular weight is 534 g/mol. The Labute approximate surface area is 219 Å². The molecular formula is C27H36ClN3O4S. The molecule has 1 atom stereocenters. The van der Waals surface area contributed by atoms with Crippen LogP contribution in [-0.2, 0) is 32.6 Å². The van der Waals surface area contributed by atoms with Crippen molar-refractivity contribution in [2.75, 3.05) is 17.1 Å². The lowest BCUT2D eigenvalue weighted by Crippen LogP contribution is -2.53. The van der Waals surface area contributed by atoms with Gasteiger partial charge in [0.05, 0.1) is 11.9 Å². The zero-order chi connectivity index (χ0) is 26.3. The fourth-order valence-electron chi connectivity index (χ4n) is 4.75. The number of hydrogen-bond acceptors (Lipinski definition) is 4. The van der Waals surface area contributed by atoms with Gasteiger partial charge in [-0.3, -0.25) is 13.9 Å². The number of nitrogens with one attached hydrogen (secondary N) is 1. The van der Waals surface area contributed by atoms with Crippen LogP contribution in [0.1, 0.15) is 57.1 Å². The quantitative estimate of drug-likeness (QED) is 0.459. The van der Waals surface area contributed by atoms with Crippen molar-refractivity contribution in [3.05, 3.63) is 64.7 Å². The largest absolute Gasteiger partial charge is 0.352 e. The molecule has 0 bridgehead atoms. The number of para-hydroxylation sites is 1. The number of nitrogens with zero attached hydrogens (tertiary/aromatic N) is 2. The van der Waals surface area contributed by atoms with Gasteiger partial charge < -0.3 is 10.2 Å². The van der Waals surface area contributed by atoms with Crippen LogP contribution in [0.2, 0.25) is 5.02 Å². The fourth-order valence-corrected chi connectivity index (χ4v) is 5.82. The maximum Gasteiger partial charge on any atom is 0.244 e. The average Bonchev–Trinajstić information content (AvgIpc) is 3.35. The molecule has 1 N–H and O–H groups in total. The number of rotatable bonds is 11. The number of aryl methyl sites for hydroxylation is 1. The minimum atomic E-state index is -3.77. The van der Waals surface area contributed by atoms with E-state index in [1.165, 1.54) is 4.90 Å². The van der Waals surface area contributed by atoms with Gasteiger partial charge in [-0.25, -0.2) is 8.42 Å². The summed E-state index contributed by atoms with van der Waals surface area (Å²) in [5.74, 6) is -0.677. The molecule has 1 fully saturated rings. The summed E-state index contributed by atoms with van der Waals surface area (Å²) < 4.78 is 26.8. The molecule has 9 heteroatoms. The number of carbonyl (C=O) groups is 2. The molecule has 196 valence electrons. The third kappa shape index (κ3) is 7.01. The van der Waals surface area contributed by atoms with Gasteiger partial charge in [0.1, 0.15) is 12.6 Å². The summed E-state index contributed by atoms with van der Waals surface area (Å²) in [4.78, 5) is 28.6. The number of benzene rings is 2. The number of sulfonamides is 1. The van der Waals surface area contributed by atoms with E-state index in [9.17, 15) is 18.0 Å². The van der Waals surface area contributed by atoms with Crippen molar-refractivity contribution >= 4 is 39.1 Å². The second-order valence-corrected chi connectivity index (χ2v) is 11.6. The molecule has 0 radical (unpaired) electrons. The van der Waals surface area contributed by atoms with E-state index >= 15 is 0 Å². The first-order valence-electron chi connectivity index (χ1n) is 12.5. The van der Waals surface area contributed by atoms with E-state index in [4.69, 9.17) is 11.6 Å². The normalized spacial score (nSPS) is 14.9. The van der Waals surface area contributed by atoms with Crippen LogP contribution in [0, 0.1) is 0 Å². The van der Waals surface area contributed by atoms with Crippen LogP contribution in [0.15, 0.2) is 48.5 Å². The van der Waals surface area contributed by atoms with Gasteiger partial charge in [-0.05, 0) is 48.9 Å². The SMILES string of the molecule is CCc1ccccc1N(CC(=O)N(Cc1ccccc1Cl)[C@H](CC)C(=O)NC1CCCC1)S(C)(=O)=O. The van der Waals surface area contributed by atoms with Crippen molar-refractivity contribution in [3.8, 4) is 0 Å². The highest BCUT2D eigenvalue weighted by atomic mass is 35.5. The Morgan fingerprint density at radius 3 is 2.22 bits per heavy atom. The molecule has 3 rings (SSSR count).